The number of hydrogen-bond acceptors (Lipinski definition) is 1. The molecule has 0 aromatic rings. The van der Waals surface area contributed by atoms with E-state index in [1.807, 2.05) is 19.9 Å². The normalized spacial score (nSPS) is 13.8. The molecule has 1 heteroatoms. The van der Waals surface area contributed by atoms with E-state index in [-0.39, 0.29) is 5.41 Å². The second-order valence-electron chi connectivity index (χ2n) is 3.26. The Balaban J connectivity index is 4.06. The Morgan fingerprint density at radius 3 is 2.50 bits per heavy atom. The number of nitrogens with zero attached hydrogens (tertiary/aromatic N) is 1. The third kappa shape index (κ3) is 2.23. The van der Waals surface area contributed by atoms with Gasteiger partial charge in [-0.05, 0) is 26.2 Å². The van der Waals surface area contributed by atoms with Crippen molar-refractivity contribution in [2.24, 2.45) is 11.3 Å². The lowest BCUT2D eigenvalue weighted by Crippen LogP contribution is -2.18. The van der Waals surface area contributed by atoms with Crippen molar-refractivity contribution < 1.29 is 0 Å². The molecule has 10 heavy (non-hydrogen) atoms. The number of rotatable bonds is 3. The summed E-state index contributed by atoms with van der Waals surface area (Å²) in [5.41, 5.74) is -0.214. The molecule has 0 aromatic carbocycles. The molecule has 0 aliphatic heterocycles. The first-order chi connectivity index (χ1) is 4.54. The molecule has 0 aliphatic carbocycles. The van der Waals surface area contributed by atoms with Crippen LogP contribution in [0.3, 0.4) is 0 Å². The maximum atomic E-state index is 8.71. The molecule has 0 rings (SSSR count). The second kappa shape index (κ2) is 3.41. The molecular formula is C9H15N. The fourth-order valence-electron chi connectivity index (χ4n) is 0.655. The van der Waals surface area contributed by atoms with E-state index in [1.54, 1.807) is 0 Å². The van der Waals surface area contributed by atoms with Crippen LogP contribution in [0.5, 0.6) is 0 Å². The molecule has 0 aromatic heterocycles. The van der Waals surface area contributed by atoms with E-state index in [1.165, 1.54) is 0 Å². The summed E-state index contributed by atoms with van der Waals surface area (Å²) in [4.78, 5) is 0. The molecule has 1 nitrogen and oxygen atoms in total. The Morgan fingerprint density at radius 1 is 1.70 bits per heavy atom. The van der Waals surface area contributed by atoms with Crippen LogP contribution in [0, 0.1) is 22.7 Å². The first kappa shape index (κ1) is 9.23. The molecule has 0 fully saturated rings. The summed E-state index contributed by atoms with van der Waals surface area (Å²) < 4.78 is 0. The van der Waals surface area contributed by atoms with E-state index in [4.69, 9.17) is 5.26 Å². The molecule has 56 valence electrons. The summed E-state index contributed by atoms with van der Waals surface area (Å²) >= 11 is 0. The van der Waals surface area contributed by atoms with E-state index in [0.717, 1.165) is 6.42 Å². The van der Waals surface area contributed by atoms with Gasteiger partial charge in [-0.1, -0.05) is 13.0 Å². The zero-order valence-corrected chi connectivity index (χ0v) is 7.02. The quantitative estimate of drug-likeness (QED) is 0.549. The summed E-state index contributed by atoms with van der Waals surface area (Å²) in [7, 11) is 0. The Labute approximate surface area is 63.4 Å². The smallest absolute Gasteiger partial charge is 0.0686 e. The Bertz CT molecular complexity index is 151. The van der Waals surface area contributed by atoms with Crippen LogP contribution in [0.25, 0.3) is 0 Å². The predicted octanol–water partition coefficient (Wildman–Crippen LogP) is 2.75. The number of nitriles is 1. The number of hydrogen-bond donors (Lipinski definition) is 0. The average molecular weight is 137 g/mol. The molecule has 1 unspecified atom stereocenters. The molecule has 1 atom stereocenters. The van der Waals surface area contributed by atoms with E-state index < -0.39 is 0 Å². The molecule has 0 heterocycles. The molecule has 0 aliphatic rings. The minimum absolute atomic E-state index is 0.214. The summed E-state index contributed by atoms with van der Waals surface area (Å²) in [6.07, 6.45) is 2.78. The first-order valence-corrected chi connectivity index (χ1v) is 3.56. The van der Waals surface area contributed by atoms with Gasteiger partial charge in [-0.15, -0.1) is 6.58 Å². The van der Waals surface area contributed by atoms with Gasteiger partial charge in [0, 0.05) is 0 Å². The Morgan fingerprint density at radius 2 is 2.20 bits per heavy atom. The van der Waals surface area contributed by atoms with Gasteiger partial charge in [-0.2, -0.15) is 5.26 Å². The van der Waals surface area contributed by atoms with Gasteiger partial charge < -0.3 is 0 Å². The predicted molar refractivity (Wildman–Crippen MR) is 43.4 cm³/mol. The molecule has 0 N–H and O–H groups in total. The fourth-order valence-corrected chi connectivity index (χ4v) is 0.655. The minimum Gasteiger partial charge on any atom is -0.198 e. The highest BCUT2D eigenvalue weighted by molar-refractivity contribution is 4.96. The van der Waals surface area contributed by atoms with Gasteiger partial charge >= 0.3 is 0 Å². The van der Waals surface area contributed by atoms with Gasteiger partial charge in [0.15, 0.2) is 0 Å². The average Bonchev–Trinajstić information content (AvgIpc) is 1.89. The SMILES string of the molecule is C=CCC(C)C(C)(C)C#N. The van der Waals surface area contributed by atoms with Gasteiger partial charge in [0.1, 0.15) is 0 Å². The van der Waals surface area contributed by atoms with Crippen molar-refractivity contribution in [2.45, 2.75) is 27.2 Å². The summed E-state index contributed by atoms with van der Waals surface area (Å²) in [5, 5.41) is 8.71. The fraction of sp³-hybridized carbons (Fsp3) is 0.667. The topological polar surface area (TPSA) is 23.8 Å². The molecule has 0 saturated carbocycles. The lowest BCUT2D eigenvalue weighted by Gasteiger charge is -2.22. The monoisotopic (exact) mass is 137 g/mol. The zero-order valence-electron chi connectivity index (χ0n) is 7.02. The van der Waals surface area contributed by atoms with Crippen molar-refractivity contribution in [2.75, 3.05) is 0 Å². The molecular weight excluding hydrogens is 122 g/mol. The van der Waals surface area contributed by atoms with Crippen LogP contribution in [0.2, 0.25) is 0 Å². The van der Waals surface area contributed by atoms with Crippen molar-refractivity contribution in [1.82, 2.24) is 0 Å². The molecule has 0 radical (unpaired) electrons. The highest BCUT2D eigenvalue weighted by atomic mass is 14.3. The van der Waals surface area contributed by atoms with E-state index in [2.05, 4.69) is 19.6 Å². The third-order valence-electron chi connectivity index (χ3n) is 2.04. The lowest BCUT2D eigenvalue weighted by molar-refractivity contribution is 0.321. The van der Waals surface area contributed by atoms with Crippen molar-refractivity contribution in [3.8, 4) is 6.07 Å². The highest BCUT2D eigenvalue weighted by Crippen LogP contribution is 2.27. The van der Waals surface area contributed by atoms with Crippen LogP contribution in [0.15, 0.2) is 12.7 Å². The summed E-state index contributed by atoms with van der Waals surface area (Å²) in [6, 6.07) is 2.28. The Kier molecular flexibility index (Phi) is 3.15. The standard InChI is InChI=1S/C9H15N/c1-5-6-8(2)9(3,4)7-10/h5,8H,1,6H2,2-4H3. The first-order valence-electron chi connectivity index (χ1n) is 3.56. The van der Waals surface area contributed by atoms with Crippen LogP contribution in [0.1, 0.15) is 27.2 Å². The lowest BCUT2D eigenvalue weighted by atomic mass is 9.80. The van der Waals surface area contributed by atoms with Crippen molar-refractivity contribution >= 4 is 0 Å². The van der Waals surface area contributed by atoms with Gasteiger partial charge in [0.2, 0.25) is 0 Å². The van der Waals surface area contributed by atoms with Gasteiger partial charge in [0.05, 0.1) is 11.5 Å². The largest absolute Gasteiger partial charge is 0.198 e. The van der Waals surface area contributed by atoms with Crippen molar-refractivity contribution in [1.29, 1.82) is 5.26 Å². The van der Waals surface area contributed by atoms with Gasteiger partial charge in [-0.3, -0.25) is 0 Å². The molecule has 0 bridgehead atoms. The van der Waals surface area contributed by atoms with Gasteiger partial charge in [0.25, 0.3) is 0 Å². The van der Waals surface area contributed by atoms with Crippen LogP contribution < -0.4 is 0 Å². The second-order valence-corrected chi connectivity index (χ2v) is 3.26. The van der Waals surface area contributed by atoms with E-state index in [0.29, 0.717) is 5.92 Å². The Hall–Kier alpha value is -0.770. The summed E-state index contributed by atoms with van der Waals surface area (Å²) in [6.45, 7) is 9.63. The minimum atomic E-state index is -0.214. The molecule has 0 amide bonds. The van der Waals surface area contributed by atoms with E-state index in [9.17, 15) is 0 Å². The zero-order chi connectivity index (χ0) is 8.20. The third-order valence-corrected chi connectivity index (χ3v) is 2.04. The van der Waals surface area contributed by atoms with Crippen molar-refractivity contribution in [3.63, 3.8) is 0 Å². The van der Waals surface area contributed by atoms with Crippen molar-refractivity contribution in [3.05, 3.63) is 12.7 Å². The maximum absolute atomic E-state index is 8.71. The highest BCUT2D eigenvalue weighted by Gasteiger charge is 2.23. The van der Waals surface area contributed by atoms with E-state index >= 15 is 0 Å². The van der Waals surface area contributed by atoms with Crippen LogP contribution >= 0.6 is 0 Å². The van der Waals surface area contributed by atoms with Crippen LogP contribution in [-0.2, 0) is 0 Å². The van der Waals surface area contributed by atoms with Crippen LogP contribution in [0.4, 0.5) is 0 Å². The maximum Gasteiger partial charge on any atom is 0.0686 e. The molecule has 0 spiro atoms. The number of allylic oxidation sites excluding steroid dienone is 1. The summed E-state index contributed by atoms with van der Waals surface area (Å²) in [5.74, 6) is 0.398. The van der Waals surface area contributed by atoms with Crippen LogP contribution in [-0.4, -0.2) is 0 Å². The van der Waals surface area contributed by atoms with Gasteiger partial charge in [-0.25, -0.2) is 0 Å². The molecule has 0 saturated heterocycles.